The fourth-order valence-electron chi connectivity index (χ4n) is 1.89. The Balaban J connectivity index is 2.13. The van der Waals surface area contributed by atoms with Gasteiger partial charge in [0.15, 0.2) is 0 Å². The highest BCUT2D eigenvalue weighted by molar-refractivity contribution is 7.91. The Morgan fingerprint density at radius 1 is 0.941 bits per heavy atom. The maximum absolute atomic E-state index is 11.5. The largest absolute Gasteiger partial charge is 0.229 e. The molecule has 0 aromatic heterocycles. The lowest BCUT2D eigenvalue weighted by molar-refractivity contribution is 0.588. The molecule has 0 spiro atoms. The van der Waals surface area contributed by atoms with E-state index in [0.29, 0.717) is 11.5 Å². The third kappa shape index (κ3) is 6.47. The van der Waals surface area contributed by atoms with Gasteiger partial charge in [-0.2, -0.15) is 0 Å². The molecule has 0 bridgehead atoms. The van der Waals surface area contributed by atoms with Gasteiger partial charge in [-0.3, -0.25) is 0 Å². The molecule has 0 aliphatic rings. The molecular formula is C14H22O2S. The molecule has 0 N–H and O–H groups in total. The molecule has 0 amide bonds. The molecule has 0 aliphatic carbocycles. The van der Waals surface area contributed by atoms with Gasteiger partial charge in [0.25, 0.3) is 0 Å². The Morgan fingerprint density at radius 2 is 1.65 bits per heavy atom. The summed E-state index contributed by atoms with van der Waals surface area (Å²) in [6.07, 6.45) is 4.65. The van der Waals surface area contributed by atoms with Crippen LogP contribution in [0.2, 0.25) is 0 Å². The Morgan fingerprint density at radius 3 is 2.29 bits per heavy atom. The van der Waals surface area contributed by atoms with Gasteiger partial charge in [-0.15, -0.1) is 0 Å². The van der Waals surface area contributed by atoms with Crippen LogP contribution in [-0.4, -0.2) is 19.9 Å². The van der Waals surface area contributed by atoms with Crippen LogP contribution in [0, 0.1) is 0 Å². The minimum absolute atomic E-state index is 0.339. The lowest BCUT2D eigenvalue weighted by Gasteiger charge is -2.03. The molecule has 0 fully saturated rings. The molecular weight excluding hydrogens is 232 g/mol. The quantitative estimate of drug-likeness (QED) is 0.667. The van der Waals surface area contributed by atoms with E-state index in [-0.39, 0.29) is 0 Å². The molecule has 17 heavy (non-hydrogen) atoms. The number of sulfone groups is 1. The van der Waals surface area contributed by atoms with E-state index in [1.54, 1.807) is 0 Å². The normalized spacial score (nSPS) is 11.6. The zero-order chi connectivity index (χ0) is 12.6. The van der Waals surface area contributed by atoms with Crippen LogP contribution in [0.5, 0.6) is 0 Å². The average molecular weight is 254 g/mol. The molecule has 1 aromatic carbocycles. The van der Waals surface area contributed by atoms with Crippen LogP contribution in [0.15, 0.2) is 30.3 Å². The summed E-state index contributed by atoms with van der Waals surface area (Å²) in [6, 6.07) is 10.3. The second kappa shape index (κ2) is 7.49. The number of aryl methyl sites for hydroxylation is 1. The molecule has 1 rings (SSSR count). The van der Waals surface area contributed by atoms with E-state index in [0.717, 1.165) is 32.1 Å². The highest BCUT2D eigenvalue weighted by Gasteiger charge is 2.07. The fraction of sp³-hybridized carbons (Fsp3) is 0.571. The summed E-state index contributed by atoms with van der Waals surface area (Å²) in [7, 11) is -2.78. The molecule has 0 aliphatic heterocycles. The maximum Gasteiger partial charge on any atom is 0.150 e. The van der Waals surface area contributed by atoms with Crippen molar-refractivity contribution in [1.82, 2.24) is 0 Å². The lowest BCUT2D eigenvalue weighted by atomic mass is 10.1. The number of unbranched alkanes of at least 4 members (excludes halogenated alkanes) is 2. The van der Waals surface area contributed by atoms with E-state index in [1.165, 1.54) is 5.56 Å². The van der Waals surface area contributed by atoms with Gasteiger partial charge in [0.05, 0.1) is 5.75 Å². The summed E-state index contributed by atoms with van der Waals surface area (Å²) in [6.45, 7) is 1.91. The molecule has 0 heterocycles. The van der Waals surface area contributed by atoms with Crippen molar-refractivity contribution in [3.8, 4) is 0 Å². The van der Waals surface area contributed by atoms with E-state index in [1.807, 2.05) is 25.1 Å². The van der Waals surface area contributed by atoms with Gasteiger partial charge in [0.2, 0.25) is 0 Å². The number of rotatable bonds is 8. The summed E-state index contributed by atoms with van der Waals surface area (Å²) in [5.41, 5.74) is 1.34. The monoisotopic (exact) mass is 254 g/mol. The summed E-state index contributed by atoms with van der Waals surface area (Å²) in [5, 5.41) is 0. The first-order chi connectivity index (χ1) is 8.14. The van der Waals surface area contributed by atoms with Crippen molar-refractivity contribution in [2.24, 2.45) is 0 Å². The molecule has 0 saturated carbocycles. The van der Waals surface area contributed by atoms with Crippen molar-refractivity contribution in [3.05, 3.63) is 35.9 Å². The van der Waals surface area contributed by atoms with E-state index in [4.69, 9.17) is 0 Å². The van der Waals surface area contributed by atoms with Crippen LogP contribution < -0.4 is 0 Å². The van der Waals surface area contributed by atoms with Crippen molar-refractivity contribution < 1.29 is 8.42 Å². The van der Waals surface area contributed by atoms with Gasteiger partial charge >= 0.3 is 0 Å². The van der Waals surface area contributed by atoms with Crippen molar-refractivity contribution in [2.75, 3.05) is 11.5 Å². The maximum atomic E-state index is 11.5. The molecule has 0 atom stereocenters. The van der Waals surface area contributed by atoms with E-state index in [9.17, 15) is 8.42 Å². The predicted molar refractivity (Wildman–Crippen MR) is 72.9 cm³/mol. The number of hydrogen-bond donors (Lipinski definition) is 0. The van der Waals surface area contributed by atoms with Gasteiger partial charge < -0.3 is 0 Å². The highest BCUT2D eigenvalue weighted by atomic mass is 32.2. The Kier molecular flexibility index (Phi) is 6.27. The van der Waals surface area contributed by atoms with Crippen LogP contribution >= 0.6 is 0 Å². The fourth-order valence-corrected chi connectivity index (χ4v) is 3.36. The first kappa shape index (κ1) is 14.2. The smallest absolute Gasteiger partial charge is 0.150 e. The minimum atomic E-state index is -2.78. The Labute approximate surface area is 105 Å². The Hall–Kier alpha value is -0.830. The van der Waals surface area contributed by atoms with Gasteiger partial charge in [-0.05, 0) is 31.2 Å². The predicted octanol–water partition coefficient (Wildman–Crippen LogP) is 3.22. The summed E-state index contributed by atoms with van der Waals surface area (Å²) in [4.78, 5) is 0. The zero-order valence-corrected chi connectivity index (χ0v) is 11.4. The van der Waals surface area contributed by atoms with Crippen LogP contribution in [0.25, 0.3) is 0 Å². The molecule has 96 valence electrons. The SMILES string of the molecule is CCCS(=O)(=O)CCCCCc1ccccc1. The zero-order valence-electron chi connectivity index (χ0n) is 10.6. The summed E-state index contributed by atoms with van der Waals surface area (Å²) >= 11 is 0. The standard InChI is InChI=1S/C14H22O2S/c1-2-12-17(15,16)13-8-4-7-11-14-9-5-3-6-10-14/h3,5-6,9-10H,2,4,7-8,11-13H2,1H3. The molecule has 0 radical (unpaired) electrons. The first-order valence-corrected chi connectivity index (χ1v) is 8.20. The van der Waals surface area contributed by atoms with Crippen LogP contribution in [0.4, 0.5) is 0 Å². The van der Waals surface area contributed by atoms with Crippen molar-refractivity contribution >= 4 is 9.84 Å². The van der Waals surface area contributed by atoms with E-state index >= 15 is 0 Å². The van der Waals surface area contributed by atoms with Gasteiger partial charge in [0.1, 0.15) is 9.84 Å². The van der Waals surface area contributed by atoms with Crippen LogP contribution in [-0.2, 0) is 16.3 Å². The first-order valence-electron chi connectivity index (χ1n) is 6.38. The second-order valence-corrected chi connectivity index (χ2v) is 6.75. The second-order valence-electron chi connectivity index (χ2n) is 4.45. The minimum Gasteiger partial charge on any atom is -0.229 e. The molecule has 0 unspecified atom stereocenters. The third-order valence-electron chi connectivity index (χ3n) is 2.78. The van der Waals surface area contributed by atoms with Crippen LogP contribution in [0.3, 0.4) is 0 Å². The summed E-state index contributed by atoms with van der Waals surface area (Å²) < 4.78 is 22.9. The highest BCUT2D eigenvalue weighted by Crippen LogP contribution is 2.07. The summed E-state index contributed by atoms with van der Waals surface area (Å²) in [5.74, 6) is 0.696. The lowest BCUT2D eigenvalue weighted by Crippen LogP contribution is -2.10. The third-order valence-corrected chi connectivity index (χ3v) is 4.72. The average Bonchev–Trinajstić information content (AvgIpc) is 2.30. The molecule has 2 nitrogen and oxygen atoms in total. The van der Waals surface area contributed by atoms with Crippen LogP contribution in [0.1, 0.15) is 38.2 Å². The van der Waals surface area contributed by atoms with Gasteiger partial charge in [-0.1, -0.05) is 43.7 Å². The Bertz CT molecular complexity index is 395. The van der Waals surface area contributed by atoms with Gasteiger partial charge in [-0.25, -0.2) is 8.42 Å². The molecule has 3 heteroatoms. The number of benzene rings is 1. The topological polar surface area (TPSA) is 34.1 Å². The molecule has 1 aromatic rings. The van der Waals surface area contributed by atoms with Gasteiger partial charge in [0, 0.05) is 5.75 Å². The molecule has 0 saturated heterocycles. The van der Waals surface area contributed by atoms with Crippen molar-refractivity contribution in [2.45, 2.75) is 39.0 Å². The van der Waals surface area contributed by atoms with Crippen molar-refractivity contribution in [3.63, 3.8) is 0 Å². The van der Waals surface area contributed by atoms with E-state index in [2.05, 4.69) is 12.1 Å². The van der Waals surface area contributed by atoms with Crippen molar-refractivity contribution in [1.29, 1.82) is 0 Å². The van der Waals surface area contributed by atoms with E-state index < -0.39 is 9.84 Å². The number of hydrogen-bond acceptors (Lipinski definition) is 2.